The zero-order valence-corrected chi connectivity index (χ0v) is 37.4. The Morgan fingerprint density at radius 3 is 0.982 bits per heavy atom. The van der Waals surface area contributed by atoms with Crippen molar-refractivity contribution < 1.29 is 28.6 Å². The summed E-state index contributed by atoms with van der Waals surface area (Å²) in [5.41, 5.74) is 0. The molecule has 0 heterocycles. The van der Waals surface area contributed by atoms with E-state index in [0.717, 1.165) is 77.0 Å². The predicted molar refractivity (Wildman–Crippen MR) is 238 cm³/mol. The molecule has 6 heteroatoms. The van der Waals surface area contributed by atoms with Crippen molar-refractivity contribution in [3.63, 3.8) is 0 Å². The van der Waals surface area contributed by atoms with E-state index in [-0.39, 0.29) is 31.1 Å². The average molecular weight is 789 g/mol. The van der Waals surface area contributed by atoms with Crippen molar-refractivity contribution in [2.45, 2.75) is 264 Å². The summed E-state index contributed by atoms with van der Waals surface area (Å²) in [5, 5.41) is 0. The van der Waals surface area contributed by atoms with Crippen LogP contribution in [0.2, 0.25) is 0 Å². The third-order valence-corrected chi connectivity index (χ3v) is 10.7. The maximum absolute atomic E-state index is 12.7. The topological polar surface area (TPSA) is 78.9 Å². The lowest BCUT2D eigenvalue weighted by molar-refractivity contribution is -0.167. The van der Waals surface area contributed by atoms with E-state index >= 15 is 0 Å². The second-order valence-corrected chi connectivity index (χ2v) is 16.4. The number of carbonyl (C=O) groups is 3. The number of allylic oxidation sites excluding steroid dienone is 4. The fourth-order valence-electron chi connectivity index (χ4n) is 6.97. The summed E-state index contributed by atoms with van der Waals surface area (Å²) in [7, 11) is 0. The van der Waals surface area contributed by atoms with Crippen LogP contribution in [-0.2, 0) is 28.6 Å². The smallest absolute Gasteiger partial charge is 0.306 e. The maximum atomic E-state index is 12.7. The van der Waals surface area contributed by atoms with E-state index in [2.05, 4.69) is 45.1 Å². The predicted octanol–water partition coefficient (Wildman–Crippen LogP) is 15.6. The first kappa shape index (κ1) is 53.9. The van der Waals surface area contributed by atoms with Gasteiger partial charge in [-0.2, -0.15) is 0 Å². The summed E-state index contributed by atoms with van der Waals surface area (Å²) in [5.74, 6) is -0.886. The Labute approximate surface area is 347 Å². The molecular weight excluding hydrogens is 697 g/mol. The lowest BCUT2D eigenvalue weighted by Crippen LogP contribution is -2.30. The number of hydrogen-bond acceptors (Lipinski definition) is 6. The van der Waals surface area contributed by atoms with Crippen LogP contribution in [0.3, 0.4) is 0 Å². The Bertz CT molecular complexity index is 911. The Morgan fingerprint density at radius 1 is 0.339 bits per heavy atom. The fourth-order valence-corrected chi connectivity index (χ4v) is 6.97. The van der Waals surface area contributed by atoms with Crippen LogP contribution >= 0.6 is 0 Å². The molecule has 0 fully saturated rings. The summed E-state index contributed by atoms with van der Waals surface area (Å²) < 4.78 is 16.7. The van der Waals surface area contributed by atoms with E-state index in [4.69, 9.17) is 14.2 Å². The molecule has 1 unspecified atom stereocenters. The minimum Gasteiger partial charge on any atom is -0.462 e. The van der Waals surface area contributed by atoms with E-state index < -0.39 is 6.10 Å². The van der Waals surface area contributed by atoms with Crippen LogP contribution in [0.5, 0.6) is 0 Å². The molecule has 0 aliphatic rings. The van der Waals surface area contributed by atoms with Gasteiger partial charge in [-0.1, -0.05) is 199 Å². The molecule has 0 radical (unpaired) electrons. The summed E-state index contributed by atoms with van der Waals surface area (Å²) >= 11 is 0. The van der Waals surface area contributed by atoms with Gasteiger partial charge in [-0.05, 0) is 64.2 Å². The maximum Gasteiger partial charge on any atom is 0.306 e. The van der Waals surface area contributed by atoms with E-state index in [1.54, 1.807) is 0 Å². The molecule has 1 atom stereocenters. The molecule has 0 saturated carbocycles. The van der Waals surface area contributed by atoms with Crippen LogP contribution in [0.25, 0.3) is 0 Å². The molecule has 0 spiro atoms. The van der Waals surface area contributed by atoms with E-state index in [1.165, 1.54) is 141 Å². The molecule has 0 saturated heterocycles. The number of ether oxygens (including phenoxy) is 3. The minimum absolute atomic E-state index is 0.0740. The van der Waals surface area contributed by atoms with Crippen molar-refractivity contribution in [2.75, 3.05) is 13.2 Å². The third kappa shape index (κ3) is 43.0. The van der Waals surface area contributed by atoms with Crippen LogP contribution in [0, 0.1) is 0 Å². The third-order valence-electron chi connectivity index (χ3n) is 10.7. The molecule has 56 heavy (non-hydrogen) atoms. The molecule has 0 aliphatic carbocycles. The Morgan fingerprint density at radius 2 is 0.625 bits per heavy atom. The molecule has 0 rings (SSSR count). The first-order chi connectivity index (χ1) is 27.5. The highest BCUT2D eigenvalue weighted by Gasteiger charge is 2.19. The lowest BCUT2D eigenvalue weighted by Gasteiger charge is -2.18. The van der Waals surface area contributed by atoms with Gasteiger partial charge in [0, 0.05) is 19.3 Å². The summed E-state index contributed by atoms with van der Waals surface area (Å²) in [6, 6.07) is 0. The molecule has 0 amide bonds. The molecule has 0 aromatic heterocycles. The number of carbonyl (C=O) groups excluding carboxylic acids is 3. The normalized spacial score (nSPS) is 12.1. The zero-order valence-electron chi connectivity index (χ0n) is 37.4. The number of rotatable bonds is 44. The SMILES string of the molecule is CCC/C=C\CCCCCCCC(=O)OCC(COC(=O)CCCCCCCCCCCCCCCCC)OC(=O)CCCCCCC/C=C\CCCCCC. The van der Waals surface area contributed by atoms with E-state index in [0.29, 0.717) is 19.3 Å². The van der Waals surface area contributed by atoms with E-state index in [1.807, 2.05) is 0 Å². The van der Waals surface area contributed by atoms with E-state index in [9.17, 15) is 14.4 Å². The monoisotopic (exact) mass is 789 g/mol. The van der Waals surface area contributed by atoms with Gasteiger partial charge in [-0.15, -0.1) is 0 Å². The highest BCUT2D eigenvalue weighted by molar-refractivity contribution is 5.71. The summed E-state index contributed by atoms with van der Waals surface area (Å²) in [6.45, 7) is 6.56. The lowest BCUT2D eigenvalue weighted by atomic mass is 10.0. The molecule has 328 valence electrons. The average Bonchev–Trinajstić information content (AvgIpc) is 3.19. The molecule has 6 nitrogen and oxygen atoms in total. The Kier molecular flexibility index (Phi) is 43.9. The van der Waals surface area contributed by atoms with Crippen molar-refractivity contribution in [1.29, 1.82) is 0 Å². The number of unbranched alkanes of at least 4 members (excludes halogenated alkanes) is 29. The highest BCUT2D eigenvalue weighted by atomic mass is 16.6. The number of esters is 3. The van der Waals surface area contributed by atoms with Crippen LogP contribution in [0.1, 0.15) is 258 Å². The summed E-state index contributed by atoms with van der Waals surface area (Å²) in [6.07, 6.45) is 50.2. The minimum atomic E-state index is -0.772. The molecule has 0 aliphatic heterocycles. The van der Waals surface area contributed by atoms with Crippen molar-refractivity contribution in [3.05, 3.63) is 24.3 Å². The van der Waals surface area contributed by atoms with Crippen molar-refractivity contribution in [3.8, 4) is 0 Å². The quantitative estimate of drug-likeness (QED) is 0.0265. The van der Waals surface area contributed by atoms with Crippen molar-refractivity contribution in [2.24, 2.45) is 0 Å². The zero-order chi connectivity index (χ0) is 40.8. The molecular formula is C50H92O6. The van der Waals surface area contributed by atoms with Crippen LogP contribution < -0.4 is 0 Å². The Balaban J connectivity index is 4.33. The van der Waals surface area contributed by atoms with Gasteiger partial charge < -0.3 is 14.2 Å². The van der Waals surface area contributed by atoms with Gasteiger partial charge >= 0.3 is 17.9 Å². The standard InChI is InChI=1S/C50H92O6/c1-4-7-10-13-16-19-22-24-25-27-28-31-34-37-40-43-49(52)55-46-47(45-54-48(51)42-39-36-33-30-21-18-15-12-9-6-3)56-50(53)44-41-38-35-32-29-26-23-20-17-14-11-8-5-2/h12,15,20,23,47H,4-11,13-14,16-19,21-22,24-46H2,1-3H3/b15-12-,23-20-. The van der Waals surface area contributed by atoms with Gasteiger partial charge in [0.1, 0.15) is 13.2 Å². The van der Waals surface area contributed by atoms with Crippen LogP contribution in [-0.4, -0.2) is 37.2 Å². The van der Waals surface area contributed by atoms with Crippen LogP contribution in [0.4, 0.5) is 0 Å². The summed E-state index contributed by atoms with van der Waals surface area (Å²) in [4.78, 5) is 37.8. The first-order valence-electron chi connectivity index (χ1n) is 24.3. The largest absolute Gasteiger partial charge is 0.462 e. The fraction of sp³-hybridized carbons (Fsp3) is 0.860. The Hall–Kier alpha value is -2.11. The molecule has 0 aromatic rings. The van der Waals surface area contributed by atoms with Gasteiger partial charge in [0.05, 0.1) is 0 Å². The van der Waals surface area contributed by atoms with Crippen LogP contribution in [0.15, 0.2) is 24.3 Å². The van der Waals surface area contributed by atoms with Gasteiger partial charge in [-0.3, -0.25) is 14.4 Å². The molecule has 0 N–H and O–H groups in total. The molecule has 0 bridgehead atoms. The number of hydrogen-bond donors (Lipinski definition) is 0. The highest BCUT2D eigenvalue weighted by Crippen LogP contribution is 2.15. The van der Waals surface area contributed by atoms with Gasteiger partial charge in [0.15, 0.2) is 6.10 Å². The first-order valence-corrected chi connectivity index (χ1v) is 24.3. The van der Waals surface area contributed by atoms with Crippen molar-refractivity contribution >= 4 is 17.9 Å². The second-order valence-electron chi connectivity index (χ2n) is 16.4. The van der Waals surface area contributed by atoms with Gasteiger partial charge in [-0.25, -0.2) is 0 Å². The van der Waals surface area contributed by atoms with Gasteiger partial charge in [0.25, 0.3) is 0 Å². The molecule has 0 aromatic carbocycles. The van der Waals surface area contributed by atoms with Gasteiger partial charge in [0.2, 0.25) is 0 Å². The van der Waals surface area contributed by atoms with Crippen molar-refractivity contribution in [1.82, 2.24) is 0 Å². The second kappa shape index (κ2) is 45.6.